The Morgan fingerprint density at radius 1 is 0.903 bits per heavy atom. The first-order valence-corrected chi connectivity index (χ1v) is 10.6. The number of amides is 1. The molecule has 0 atom stereocenters. The largest absolute Gasteiger partial charge is 0.483 e. The molecule has 0 unspecified atom stereocenters. The number of carbonyl (C=O) groups is 1. The Labute approximate surface area is 183 Å². The van der Waals surface area contributed by atoms with Gasteiger partial charge < -0.3 is 15.0 Å². The normalized spacial score (nSPS) is 14.8. The molecule has 1 aliphatic heterocycles. The van der Waals surface area contributed by atoms with Gasteiger partial charge in [0.15, 0.2) is 6.61 Å². The van der Waals surface area contributed by atoms with Crippen LogP contribution in [0.2, 0.25) is 0 Å². The lowest BCUT2D eigenvalue weighted by atomic mass is 10.0. The summed E-state index contributed by atoms with van der Waals surface area (Å²) in [6.07, 6.45) is 5.66. The van der Waals surface area contributed by atoms with Gasteiger partial charge in [0.25, 0.3) is 5.91 Å². The van der Waals surface area contributed by atoms with Crippen molar-refractivity contribution in [2.75, 3.05) is 39.3 Å². The summed E-state index contributed by atoms with van der Waals surface area (Å²) >= 11 is 0. The molecule has 1 aliphatic rings. The topological polar surface area (TPSA) is 56.6 Å². The third-order valence-corrected chi connectivity index (χ3v) is 5.62. The second kappa shape index (κ2) is 10.0. The summed E-state index contributed by atoms with van der Waals surface area (Å²) in [7, 11) is 0. The molecule has 0 aliphatic carbocycles. The maximum absolute atomic E-state index is 12.7. The molecule has 1 saturated heterocycles. The lowest BCUT2D eigenvalue weighted by molar-refractivity contribution is -0.135. The molecule has 1 N–H and O–H groups in total. The van der Waals surface area contributed by atoms with E-state index >= 15 is 0 Å². The van der Waals surface area contributed by atoms with E-state index in [9.17, 15) is 4.79 Å². The van der Waals surface area contributed by atoms with E-state index in [0.29, 0.717) is 5.75 Å². The van der Waals surface area contributed by atoms with Crippen LogP contribution in [0.3, 0.4) is 0 Å². The molecule has 158 valence electrons. The molecule has 0 bridgehead atoms. The summed E-state index contributed by atoms with van der Waals surface area (Å²) in [4.78, 5) is 16.9. The van der Waals surface area contributed by atoms with Gasteiger partial charge in [-0.2, -0.15) is 0 Å². The van der Waals surface area contributed by atoms with E-state index in [0.717, 1.165) is 49.1 Å². The molecule has 0 spiro atoms. The highest BCUT2D eigenvalue weighted by Gasteiger charge is 2.21. The molecule has 3 aromatic carbocycles. The zero-order chi connectivity index (χ0) is 21.5. The maximum atomic E-state index is 12.7. The van der Waals surface area contributed by atoms with E-state index in [4.69, 9.17) is 10.1 Å². The molecule has 0 saturated carbocycles. The van der Waals surface area contributed by atoms with Crippen molar-refractivity contribution in [2.24, 2.45) is 0 Å². The van der Waals surface area contributed by atoms with E-state index in [-0.39, 0.29) is 12.5 Å². The number of ether oxygens (including phenoxy) is 1. The lowest BCUT2D eigenvalue weighted by Crippen LogP contribution is -2.49. The van der Waals surface area contributed by atoms with E-state index in [1.165, 1.54) is 11.8 Å². The van der Waals surface area contributed by atoms with Crippen molar-refractivity contribution >= 4 is 29.0 Å². The monoisotopic (exact) mass is 413 g/mol. The van der Waals surface area contributed by atoms with Gasteiger partial charge in [-0.05, 0) is 23.1 Å². The Balaban J connectivity index is 1.28. The van der Waals surface area contributed by atoms with Gasteiger partial charge in [0.05, 0.1) is 0 Å². The second-order valence-electron chi connectivity index (χ2n) is 7.63. The Kier molecular flexibility index (Phi) is 6.75. The van der Waals surface area contributed by atoms with Gasteiger partial charge in [0.2, 0.25) is 0 Å². The number of piperazine rings is 1. The van der Waals surface area contributed by atoms with E-state index < -0.39 is 0 Å². The van der Waals surface area contributed by atoms with Crippen molar-refractivity contribution in [1.29, 1.82) is 5.41 Å². The molecule has 0 aromatic heterocycles. The average Bonchev–Trinajstić information content (AvgIpc) is 2.83. The minimum atomic E-state index is 0.0136. The number of hydrogen-bond acceptors (Lipinski definition) is 4. The molecule has 5 nitrogen and oxygen atoms in total. The van der Waals surface area contributed by atoms with Crippen molar-refractivity contribution in [2.45, 2.75) is 0 Å². The smallest absolute Gasteiger partial charge is 0.260 e. The summed E-state index contributed by atoms with van der Waals surface area (Å²) in [6, 6.07) is 21.8. The Morgan fingerprint density at radius 2 is 1.61 bits per heavy atom. The molecule has 1 fully saturated rings. The van der Waals surface area contributed by atoms with Crippen molar-refractivity contribution in [3.63, 3.8) is 0 Å². The van der Waals surface area contributed by atoms with Gasteiger partial charge in [-0.1, -0.05) is 66.7 Å². The molecule has 1 heterocycles. The van der Waals surface area contributed by atoms with Crippen LogP contribution in [0.1, 0.15) is 11.1 Å². The van der Waals surface area contributed by atoms with E-state index in [1.54, 1.807) is 0 Å². The number of nitrogens with zero attached hydrogens (tertiary/aromatic N) is 2. The summed E-state index contributed by atoms with van der Waals surface area (Å²) in [5, 5.41) is 9.45. The first-order valence-electron chi connectivity index (χ1n) is 10.6. The Morgan fingerprint density at radius 3 is 2.35 bits per heavy atom. The quantitative estimate of drug-likeness (QED) is 0.594. The fourth-order valence-electron chi connectivity index (χ4n) is 3.86. The Bertz CT molecular complexity index is 1070. The fraction of sp³-hybridized carbons (Fsp3) is 0.231. The molecule has 0 radical (unpaired) electrons. The first-order chi connectivity index (χ1) is 15.2. The molecule has 4 rings (SSSR count). The zero-order valence-corrected chi connectivity index (χ0v) is 17.5. The van der Waals surface area contributed by atoms with Crippen LogP contribution in [0.25, 0.3) is 16.8 Å². The standard InChI is InChI=1S/C26H27N3O2/c27-19-22-12-13-25(24-11-5-4-10-23(22)24)31-20-26(30)29-17-15-28(16-18-29)14-6-9-21-7-2-1-3-8-21/h1-13,19,27H,14-18,20H2/b9-6+,27-19?. The summed E-state index contributed by atoms with van der Waals surface area (Å²) in [5.41, 5.74) is 2.04. The van der Waals surface area contributed by atoms with E-state index in [1.807, 2.05) is 59.5 Å². The molecule has 5 heteroatoms. The van der Waals surface area contributed by atoms with Crippen LogP contribution < -0.4 is 4.74 Å². The SMILES string of the molecule is N=Cc1ccc(OCC(=O)N2CCN(C/C=C/c3ccccc3)CC2)c2ccccc12. The molecular weight excluding hydrogens is 386 g/mol. The van der Waals surface area contributed by atoms with Gasteiger partial charge in [-0.25, -0.2) is 0 Å². The van der Waals surface area contributed by atoms with E-state index in [2.05, 4.69) is 29.2 Å². The third-order valence-electron chi connectivity index (χ3n) is 5.62. The fourth-order valence-corrected chi connectivity index (χ4v) is 3.86. The number of carbonyl (C=O) groups excluding carboxylic acids is 1. The number of benzene rings is 3. The predicted molar refractivity (Wildman–Crippen MR) is 126 cm³/mol. The molecule has 1 amide bonds. The number of fused-ring (bicyclic) bond motifs is 1. The van der Waals surface area contributed by atoms with Crippen molar-refractivity contribution < 1.29 is 9.53 Å². The highest BCUT2D eigenvalue weighted by Crippen LogP contribution is 2.27. The summed E-state index contributed by atoms with van der Waals surface area (Å²) in [5.74, 6) is 0.693. The van der Waals surface area contributed by atoms with Gasteiger partial charge in [-0.3, -0.25) is 9.69 Å². The number of nitrogens with one attached hydrogen (secondary N) is 1. The van der Waals surface area contributed by atoms with Crippen molar-refractivity contribution in [3.8, 4) is 5.75 Å². The number of hydrogen-bond donors (Lipinski definition) is 1. The van der Waals surface area contributed by atoms with Crippen LogP contribution in [0.4, 0.5) is 0 Å². The van der Waals surface area contributed by atoms with Crippen LogP contribution in [0.5, 0.6) is 5.75 Å². The molecule has 3 aromatic rings. The van der Waals surface area contributed by atoms with Crippen molar-refractivity contribution in [3.05, 3.63) is 83.9 Å². The highest BCUT2D eigenvalue weighted by atomic mass is 16.5. The summed E-state index contributed by atoms with van der Waals surface area (Å²) in [6.45, 7) is 4.08. The summed E-state index contributed by atoms with van der Waals surface area (Å²) < 4.78 is 5.88. The van der Waals surface area contributed by atoms with Crippen LogP contribution in [-0.2, 0) is 4.79 Å². The predicted octanol–water partition coefficient (Wildman–Crippen LogP) is 4.07. The average molecular weight is 414 g/mol. The van der Waals surface area contributed by atoms with Crippen molar-refractivity contribution in [1.82, 2.24) is 9.80 Å². The maximum Gasteiger partial charge on any atom is 0.260 e. The van der Waals surface area contributed by atoms with Crippen LogP contribution >= 0.6 is 0 Å². The minimum absolute atomic E-state index is 0.0136. The van der Waals surface area contributed by atoms with Gasteiger partial charge in [0, 0.05) is 49.9 Å². The van der Waals surface area contributed by atoms with Gasteiger partial charge >= 0.3 is 0 Å². The lowest BCUT2D eigenvalue weighted by Gasteiger charge is -2.34. The van der Waals surface area contributed by atoms with Crippen LogP contribution in [-0.4, -0.2) is 61.3 Å². The third kappa shape index (κ3) is 5.19. The minimum Gasteiger partial charge on any atom is -0.483 e. The second-order valence-corrected chi connectivity index (χ2v) is 7.63. The highest BCUT2D eigenvalue weighted by molar-refractivity contribution is 6.01. The van der Waals surface area contributed by atoms with Crippen LogP contribution in [0.15, 0.2) is 72.8 Å². The van der Waals surface area contributed by atoms with Gasteiger partial charge in [-0.15, -0.1) is 0 Å². The number of rotatable bonds is 7. The zero-order valence-electron chi connectivity index (χ0n) is 17.5. The molecular formula is C26H27N3O2. The molecule has 31 heavy (non-hydrogen) atoms. The van der Waals surface area contributed by atoms with Gasteiger partial charge in [0.1, 0.15) is 5.75 Å². The Hall–Kier alpha value is -3.44. The van der Waals surface area contributed by atoms with Crippen LogP contribution in [0, 0.1) is 5.41 Å². The first kappa shape index (κ1) is 20.8.